The number of hydrogen-bond donors (Lipinski definition) is 2. The van der Waals surface area contributed by atoms with Crippen molar-refractivity contribution >= 4 is 22.4 Å². The van der Waals surface area contributed by atoms with Crippen LogP contribution in [0.3, 0.4) is 0 Å². The van der Waals surface area contributed by atoms with Crippen molar-refractivity contribution in [3.8, 4) is 0 Å². The zero-order valence-corrected chi connectivity index (χ0v) is 14.0. The number of benzene rings is 1. The Bertz CT molecular complexity index is 675. The molecule has 0 radical (unpaired) electrons. The van der Waals surface area contributed by atoms with Gasteiger partial charge in [-0.1, -0.05) is 6.07 Å². The second-order valence-electron chi connectivity index (χ2n) is 5.07. The fourth-order valence-corrected chi connectivity index (χ4v) is 3.12. The van der Waals surface area contributed by atoms with Crippen LogP contribution in [0.1, 0.15) is 30.7 Å². The van der Waals surface area contributed by atoms with Crippen LogP contribution in [0.5, 0.6) is 0 Å². The number of amides is 1. The fourth-order valence-electron chi connectivity index (χ4n) is 2.19. The molecule has 1 amide bonds. The molecular formula is C16H20FN3O2S. The summed E-state index contributed by atoms with van der Waals surface area (Å²) >= 11 is 1.44. The monoisotopic (exact) mass is 337 g/mol. The largest absolute Gasteiger partial charge is 0.392 e. The van der Waals surface area contributed by atoms with E-state index in [0.29, 0.717) is 30.3 Å². The third-order valence-corrected chi connectivity index (χ3v) is 4.30. The maximum absolute atomic E-state index is 13.3. The van der Waals surface area contributed by atoms with Crippen LogP contribution >= 0.6 is 11.3 Å². The van der Waals surface area contributed by atoms with E-state index in [-0.39, 0.29) is 12.5 Å². The number of halogens is 1. The van der Waals surface area contributed by atoms with Crippen molar-refractivity contribution in [1.82, 2.24) is 10.3 Å². The van der Waals surface area contributed by atoms with Crippen molar-refractivity contribution < 1.29 is 14.3 Å². The number of aromatic nitrogens is 1. The van der Waals surface area contributed by atoms with E-state index in [1.807, 2.05) is 12.3 Å². The van der Waals surface area contributed by atoms with Gasteiger partial charge in [-0.05, 0) is 24.6 Å². The molecule has 0 saturated carbocycles. The van der Waals surface area contributed by atoms with Gasteiger partial charge in [0.25, 0.3) is 0 Å². The number of carbonyl (C=O) groups is 1. The van der Waals surface area contributed by atoms with E-state index < -0.39 is 5.82 Å². The summed E-state index contributed by atoms with van der Waals surface area (Å²) in [5.41, 5.74) is 2.04. The van der Waals surface area contributed by atoms with Gasteiger partial charge >= 0.3 is 0 Å². The quantitative estimate of drug-likeness (QED) is 0.814. The molecule has 124 valence electrons. The maximum Gasteiger partial charge on any atom is 0.225 e. The highest BCUT2D eigenvalue weighted by atomic mass is 32.1. The average molecular weight is 337 g/mol. The summed E-state index contributed by atoms with van der Waals surface area (Å²) in [5.74, 6) is -0.423. The highest BCUT2D eigenvalue weighted by Crippen LogP contribution is 2.20. The summed E-state index contributed by atoms with van der Waals surface area (Å²) in [6.45, 7) is 4.81. The Morgan fingerprint density at radius 2 is 2.22 bits per heavy atom. The van der Waals surface area contributed by atoms with Crippen molar-refractivity contribution in [2.24, 2.45) is 0 Å². The molecule has 0 bridgehead atoms. The number of thiazole rings is 1. The molecule has 7 heteroatoms. The van der Waals surface area contributed by atoms with Crippen molar-refractivity contribution in [2.75, 3.05) is 11.4 Å². The van der Waals surface area contributed by atoms with Crippen LogP contribution in [-0.4, -0.2) is 22.5 Å². The van der Waals surface area contributed by atoms with E-state index in [4.69, 9.17) is 5.11 Å². The number of hydrogen-bond acceptors (Lipinski definition) is 5. The van der Waals surface area contributed by atoms with Crippen LogP contribution in [0.25, 0.3) is 0 Å². The van der Waals surface area contributed by atoms with Crippen molar-refractivity contribution in [3.63, 3.8) is 0 Å². The lowest BCUT2D eigenvalue weighted by Crippen LogP contribution is -2.27. The zero-order valence-electron chi connectivity index (χ0n) is 13.2. The molecule has 1 aromatic heterocycles. The predicted molar refractivity (Wildman–Crippen MR) is 88.7 cm³/mol. The minimum atomic E-state index is -0.399. The summed E-state index contributed by atoms with van der Waals surface area (Å²) in [4.78, 5) is 17.6. The SMILES string of the molecule is CCN(C(C)=O)c1nc(CNCc2ccc(F)c(CO)c2)cs1. The van der Waals surface area contributed by atoms with Gasteiger partial charge < -0.3 is 10.4 Å². The topological polar surface area (TPSA) is 65.5 Å². The van der Waals surface area contributed by atoms with Crippen LogP contribution < -0.4 is 10.2 Å². The Morgan fingerprint density at radius 1 is 1.43 bits per heavy atom. The minimum Gasteiger partial charge on any atom is -0.392 e. The number of rotatable bonds is 7. The first-order valence-electron chi connectivity index (χ1n) is 7.36. The number of nitrogens with zero attached hydrogens (tertiary/aromatic N) is 2. The van der Waals surface area contributed by atoms with E-state index >= 15 is 0 Å². The van der Waals surface area contributed by atoms with Crippen LogP contribution in [0.4, 0.5) is 9.52 Å². The first-order chi connectivity index (χ1) is 11.0. The zero-order chi connectivity index (χ0) is 16.8. The molecule has 1 aromatic carbocycles. The van der Waals surface area contributed by atoms with Gasteiger partial charge in [0.2, 0.25) is 5.91 Å². The first kappa shape index (κ1) is 17.5. The standard InChI is InChI=1S/C16H20FN3O2S/c1-3-20(11(2)22)16-19-14(10-23-16)8-18-7-12-4-5-15(17)13(6-12)9-21/h4-6,10,18,21H,3,7-9H2,1-2H3. The molecule has 0 atom stereocenters. The highest BCUT2D eigenvalue weighted by Gasteiger charge is 2.13. The third kappa shape index (κ3) is 4.57. The molecule has 0 aliphatic rings. The molecular weight excluding hydrogens is 317 g/mol. The Balaban J connectivity index is 1.92. The van der Waals surface area contributed by atoms with E-state index in [1.165, 1.54) is 24.3 Å². The predicted octanol–water partition coefficient (Wildman–Crippen LogP) is 2.44. The van der Waals surface area contributed by atoms with Gasteiger partial charge in [-0.2, -0.15) is 0 Å². The molecule has 0 fully saturated rings. The second-order valence-corrected chi connectivity index (χ2v) is 5.91. The lowest BCUT2D eigenvalue weighted by Gasteiger charge is -2.14. The molecule has 0 aliphatic heterocycles. The number of aliphatic hydroxyl groups is 1. The van der Waals surface area contributed by atoms with Crippen molar-refractivity contribution in [1.29, 1.82) is 0 Å². The fraction of sp³-hybridized carbons (Fsp3) is 0.375. The Morgan fingerprint density at radius 3 is 2.87 bits per heavy atom. The molecule has 5 nitrogen and oxygen atoms in total. The molecule has 0 saturated heterocycles. The van der Waals surface area contributed by atoms with Gasteiger partial charge in [0.05, 0.1) is 12.3 Å². The van der Waals surface area contributed by atoms with Crippen LogP contribution in [-0.2, 0) is 24.5 Å². The smallest absolute Gasteiger partial charge is 0.225 e. The lowest BCUT2D eigenvalue weighted by atomic mass is 10.1. The minimum absolute atomic E-state index is 0.0239. The Hall–Kier alpha value is -1.83. The molecule has 23 heavy (non-hydrogen) atoms. The van der Waals surface area contributed by atoms with E-state index in [9.17, 15) is 9.18 Å². The van der Waals surface area contributed by atoms with Crippen molar-refractivity contribution in [2.45, 2.75) is 33.5 Å². The summed E-state index contributed by atoms with van der Waals surface area (Å²) in [7, 11) is 0. The van der Waals surface area contributed by atoms with Gasteiger partial charge in [-0.3, -0.25) is 9.69 Å². The summed E-state index contributed by atoms with van der Waals surface area (Å²) in [6, 6.07) is 4.68. The van der Waals surface area contributed by atoms with E-state index in [0.717, 1.165) is 11.3 Å². The highest BCUT2D eigenvalue weighted by molar-refractivity contribution is 7.14. The molecule has 1 heterocycles. The number of carbonyl (C=O) groups excluding carboxylic acids is 1. The van der Waals surface area contributed by atoms with Crippen LogP contribution in [0.2, 0.25) is 0 Å². The number of nitrogens with one attached hydrogen (secondary N) is 1. The molecule has 2 N–H and O–H groups in total. The van der Waals surface area contributed by atoms with Gasteiger partial charge in [0, 0.05) is 37.5 Å². The summed E-state index contributed by atoms with van der Waals surface area (Å²) < 4.78 is 13.3. The van der Waals surface area contributed by atoms with Gasteiger partial charge in [0.1, 0.15) is 5.82 Å². The van der Waals surface area contributed by atoms with Gasteiger partial charge in [-0.25, -0.2) is 9.37 Å². The normalized spacial score (nSPS) is 10.8. The Kier molecular flexibility index (Phi) is 6.20. The number of aliphatic hydroxyl groups excluding tert-OH is 1. The maximum atomic E-state index is 13.3. The second kappa shape index (κ2) is 8.14. The molecule has 0 spiro atoms. The average Bonchev–Trinajstić information content (AvgIpc) is 2.98. The summed E-state index contributed by atoms with van der Waals surface area (Å²) in [5, 5.41) is 14.9. The van der Waals surface area contributed by atoms with E-state index in [2.05, 4.69) is 10.3 Å². The van der Waals surface area contributed by atoms with E-state index in [1.54, 1.807) is 17.0 Å². The van der Waals surface area contributed by atoms with Gasteiger partial charge in [0.15, 0.2) is 5.13 Å². The van der Waals surface area contributed by atoms with Crippen LogP contribution in [0, 0.1) is 5.82 Å². The molecule has 2 rings (SSSR count). The lowest BCUT2D eigenvalue weighted by molar-refractivity contribution is -0.116. The first-order valence-corrected chi connectivity index (χ1v) is 8.24. The number of anilines is 1. The van der Waals surface area contributed by atoms with Crippen LogP contribution in [0.15, 0.2) is 23.6 Å². The molecule has 2 aromatic rings. The van der Waals surface area contributed by atoms with Crippen molar-refractivity contribution in [3.05, 3.63) is 46.2 Å². The Labute approximate surface area is 138 Å². The molecule has 0 unspecified atom stereocenters. The summed E-state index contributed by atoms with van der Waals surface area (Å²) in [6.07, 6.45) is 0. The molecule has 0 aliphatic carbocycles. The third-order valence-electron chi connectivity index (χ3n) is 3.38. The van der Waals surface area contributed by atoms with Gasteiger partial charge in [-0.15, -0.1) is 11.3 Å².